The minimum atomic E-state index is -0.203. The van der Waals surface area contributed by atoms with Crippen molar-refractivity contribution in [3.63, 3.8) is 0 Å². The van der Waals surface area contributed by atoms with Crippen molar-refractivity contribution in [3.05, 3.63) is 48.5 Å². The summed E-state index contributed by atoms with van der Waals surface area (Å²) in [4.78, 5) is 22.4. The topological polar surface area (TPSA) is 77.1 Å². The van der Waals surface area contributed by atoms with E-state index in [9.17, 15) is 4.39 Å². The Hall–Kier alpha value is -2.94. The second-order valence-electron chi connectivity index (χ2n) is 7.92. The largest absolute Gasteiger partial charge is 0.370 e. The molecule has 1 aromatic heterocycles. The van der Waals surface area contributed by atoms with Crippen LogP contribution >= 0.6 is 0 Å². The van der Waals surface area contributed by atoms with Crippen molar-refractivity contribution < 1.29 is 4.39 Å². The zero-order valence-corrected chi connectivity index (χ0v) is 17.9. The molecule has 8 nitrogen and oxygen atoms in total. The van der Waals surface area contributed by atoms with E-state index in [0.29, 0.717) is 5.96 Å². The molecule has 2 saturated heterocycles. The molecule has 0 amide bonds. The van der Waals surface area contributed by atoms with Crippen LogP contribution < -0.4 is 15.5 Å². The number of aromatic nitrogens is 2. The van der Waals surface area contributed by atoms with E-state index in [4.69, 9.17) is 5.73 Å². The van der Waals surface area contributed by atoms with Crippen LogP contribution in [0.5, 0.6) is 0 Å². The van der Waals surface area contributed by atoms with E-state index in [1.807, 2.05) is 18.2 Å². The van der Waals surface area contributed by atoms with Gasteiger partial charge in [-0.3, -0.25) is 9.89 Å². The second kappa shape index (κ2) is 10.4. The third kappa shape index (κ3) is 5.81. The molecule has 2 aliphatic heterocycles. The summed E-state index contributed by atoms with van der Waals surface area (Å²) in [6, 6.07) is 8.52. The molecule has 0 aliphatic carbocycles. The summed E-state index contributed by atoms with van der Waals surface area (Å²) in [5.74, 6) is 1.25. The van der Waals surface area contributed by atoms with Gasteiger partial charge in [-0.15, -0.1) is 0 Å². The molecule has 0 unspecified atom stereocenters. The fourth-order valence-electron chi connectivity index (χ4n) is 4.06. The first-order valence-corrected chi connectivity index (χ1v) is 11.0. The van der Waals surface area contributed by atoms with Crippen molar-refractivity contribution in [2.75, 3.05) is 75.2 Å². The number of anilines is 2. The summed E-state index contributed by atoms with van der Waals surface area (Å²) in [6.45, 7) is 9.08. The normalized spacial score (nSPS) is 18.5. The number of halogens is 1. The summed E-state index contributed by atoms with van der Waals surface area (Å²) in [7, 11) is 0. The zero-order chi connectivity index (χ0) is 21.5. The standard InChI is InChI=1S/C22H31FN8/c23-19-3-5-20(6-4-19)29-15-17-30(18-16-29)21(24)25-9-2-10-28-11-13-31(14-12-28)22-26-7-1-8-27-22/h1,3-8H,2,9-18H2,(H2,24,25). The first kappa shape index (κ1) is 21.3. The molecule has 4 rings (SSSR count). The van der Waals surface area contributed by atoms with E-state index >= 15 is 0 Å². The van der Waals surface area contributed by atoms with Crippen LogP contribution in [0.3, 0.4) is 0 Å². The van der Waals surface area contributed by atoms with Crippen molar-refractivity contribution in [2.24, 2.45) is 10.7 Å². The summed E-state index contributed by atoms with van der Waals surface area (Å²) in [6.07, 6.45) is 4.58. The number of nitrogens with two attached hydrogens (primary N) is 1. The Bertz CT molecular complexity index is 828. The van der Waals surface area contributed by atoms with Gasteiger partial charge < -0.3 is 20.4 Å². The number of hydrogen-bond donors (Lipinski definition) is 1. The van der Waals surface area contributed by atoms with E-state index < -0.39 is 0 Å². The monoisotopic (exact) mass is 426 g/mol. The predicted octanol–water partition coefficient (Wildman–Crippen LogP) is 1.26. The highest BCUT2D eigenvalue weighted by Crippen LogP contribution is 2.17. The molecule has 2 N–H and O–H groups in total. The number of guanidine groups is 1. The first-order chi connectivity index (χ1) is 15.2. The molecule has 0 atom stereocenters. The van der Waals surface area contributed by atoms with Crippen LogP contribution in [0.1, 0.15) is 6.42 Å². The average Bonchev–Trinajstić information content (AvgIpc) is 2.83. The van der Waals surface area contributed by atoms with E-state index in [1.54, 1.807) is 12.4 Å². The molecule has 166 valence electrons. The minimum Gasteiger partial charge on any atom is -0.370 e. The summed E-state index contributed by atoms with van der Waals surface area (Å²) < 4.78 is 13.1. The lowest BCUT2D eigenvalue weighted by Crippen LogP contribution is -2.51. The number of rotatable bonds is 6. The van der Waals surface area contributed by atoms with Crippen LogP contribution in [0.2, 0.25) is 0 Å². The van der Waals surface area contributed by atoms with E-state index in [1.165, 1.54) is 12.1 Å². The molecule has 0 bridgehead atoms. The third-order valence-corrected chi connectivity index (χ3v) is 5.91. The first-order valence-electron chi connectivity index (χ1n) is 11.0. The summed E-state index contributed by atoms with van der Waals surface area (Å²) in [5.41, 5.74) is 7.28. The lowest BCUT2D eigenvalue weighted by Gasteiger charge is -2.36. The molecule has 31 heavy (non-hydrogen) atoms. The van der Waals surface area contributed by atoms with E-state index in [2.05, 4.69) is 34.6 Å². The van der Waals surface area contributed by atoms with Crippen LogP contribution in [0.25, 0.3) is 0 Å². The SMILES string of the molecule is NC(=NCCCN1CCN(c2ncccn2)CC1)N1CCN(c2ccc(F)cc2)CC1. The minimum absolute atomic E-state index is 0.203. The van der Waals surface area contributed by atoms with Crippen LogP contribution in [-0.2, 0) is 0 Å². The lowest BCUT2D eigenvalue weighted by atomic mass is 10.2. The Balaban J connectivity index is 1.14. The van der Waals surface area contributed by atoms with Crippen LogP contribution in [-0.4, -0.2) is 91.2 Å². The maximum atomic E-state index is 13.1. The Morgan fingerprint density at radius 3 is 2.23 bits per heavy atom. The Morgan fingerprint density at radius 2 is 1.55 bits per heavy atom. The number of piperazine rings is 2. The Kier molecular flexibility index (Phi) is 7.14. The maximum absolute atomic E-state index is 13.1. The predicted molar refractivity (Wildman–Crippen MR) is 122 cm³/mol. The van der Waals surface area contributed by atoms with Gasteiger partial charge in [-0.25, -0.2) is 14.4 Å². The second-order valence-corrected chi connectivity index (χ2v) is 7.92. The fraction of sp³-hybridized carbons (Fsp3) is 0.500. The zero-order valence-electron chi connectivity index (χ0n) is 17.9. The van der Waals surface area contributed by atoms with Gasteiger partial charge >= 0.3 is 0 Å². The van der Waals surface area contributed by atoms with Crippen molar-refractivity contribution >= 4 is 17.6 Å². The highest BCUT2D eigenvalue weighted by atomic mass is 19.1. The maximum Gasteiger partial charge on any atom is 0.225 e. The molecule has 3 heterocycles. The molecule has 0 saturated carbocycles. The van der Waals surface area contributed by atoms with Gasteiger partial charge in [0.05, 0.1) is 0 Å². The smallest absolute Gasteiger partial charge is 0.225 e. The van der Waals surface area contributed by atoms with Crippen LogP contribution in [0.15, 0.2) is 47.7 Å². The number of nitrogens with zero attached hydrogens (tertiary/aromatic N) is 7. The molecule has 2 fully saturated rings. The molecule has 0 radical (unpaired) electrons. The van der Waals surface area contributed by atoms with Crippen LogP contribution in [0, 0.1) is 5.82 Å². The lowest BCUT2D eigenvalue weighted by molar-refractivity contribution is 0.255. The van der Waals surface area contributed by atoms with Gasteiger partial charge in [0.1, 0.15) is 5.82 Å². The Morgan fingerprint density at radius 1 is 0.903 bits per heavy atom. The van der Waals surface area contributed by atoms with E-state index in [-0.39, 0.29) is 5.82 Å². The van der Waals surface area contributed by atoms with Gasteiger partial charge in [0.25, 0.3) is 0 Å². The molecule has 2 aliphatic rings. The van der Waals surface area contributed by atoms with Gasteiger partial charge in [-0.2, -0.15) is 0 Å². The molecule has 2 aromatic rings. The highest BCUT2D eigenvalue weighted by molar-refractivity contribution is 5.78. The quantitative estimate of drug-likeness (QED) is 0.423. The van der Waals surface area contributed by atoms with Gasteiger partial charge in [-0.05, 0) is 36.8 Å². The van der Waals surface area contributed by atoms with Crippen LogP contribution in [0.4, 0.5) is 16.0 Å². The molecular formula is C22H31FN8. The number of hydrogen-bond acceptors (Lipinski definition) is 6. The van der Waals surface area contributed by atoms with Gasteiger partial charge in [0, 0.05) is 83.5 Å². The highest BCUT2D eigenvalue weighted by Gasteiger charge is 2.19. The van der Waals surface area contributed by atoms with Crippen molar-refractivity contribution in [2.45, 2.75) is 6.42 Å². The van der Waals surface area contributed by atoms with E-state index in [0.717, 1.165) is 83.5 Å². The molecule has 0 spiro atoms. The molecular weight excluding hydrogens is 395 g/mol. The summed E-state index contributed by atoms with van der Waals surface area (Å²) >= 11 is 0. The number of benzene rings is 1. The summed E-state index contributed by atoms with van der Waals surface area (Å²) in [5, 5.41) is 0. The van der Waals surface area contributed by atoms with Crippen molar-refractivity contribution in [3.8, 4) is 0 Å². The van der Waals surface area contributed by atoms with Crippen molar-refractivity contribution in [1.29, 1.82) is 0 Å². The van der Waals surface area contributed by atoms with Gasteiger partial charge in [0.2, 0.25) is 5.95 Å². The average molecular weight is 427 g/mol. The Labute approximate surface area is 183 Å². The van der Waals surface area contributed by atoms with Crippen molar-refractivity contribution in [1.82, 2.24) is 19.8 Å². The molecule has 1 aromatic carbocycles. The number of aliphatic imine (C=N–C) groups is 1. The van der Waals surface area contributed by atoms with Gasteiger partial charge in [0.15, 0.2) is 5.96 Å². The van der Waals surface area contributed by atoms with Gasteiger partial charge in [-0.1, -0.05) is 0 Å². The third-order valence-electron chi connectivity index (χ3n) is 5.91. The fourth-order valence-corrected chi connectivity index (χ4v) is 4.06. The molecule has 9 heteroatoms.